The highest BCUT2D eigenvalue weighted by Crippen LogP contribution is 2.42. The Morgan fingerprint density at radius 2 is 1.74 bits per heavy atom. The zero-order valence-electron chi connectivity index (χ0n) is 18.1. The fraction of sp³-hybridized carbons (Fsp3) is 0.292. The number of ketones is 1. The predicted octanol–water partition coefficient (Wildman–Crippen LogP) is 4.47. The lowest BCUT2D eigenvalue weighted by molar-refractivity contribution is 0.0962. The molecule has 0 bridgehead atoms. The van der Waals surface area contributed by atoms with Gasteiger partial charge in [-0.05, 0) is 54.7 Å². The Hall–Kier alpha value is -3.61. The highest BCUT2D eigenvalue weighted by Gasteiger charge is 2.29. The van der Waals surface area contributed by atoms with Gasteiger partial charge in [-0.2, -0.15) is 0 Å². The minimum atomic E-state index is -0.0459. The summed E-state index contributed by atoms with van der Waals surface area (Å²) in [7, 11) is 4.73. The van der Waals surface area contributed by atoms with E-state index in [0.29, 0.717) is 41.6 Å². The van der Waals surface area contributed by atoms with Gasteiger partial charge in [0.05, 0.1) is 32.6 Å². The van der Waals surface area contributed by atoms with Crippen molar-refractivity contribution in [2.75, 3.05) is 26.6 Å². The first-order valence-corrected chi connectivity index (χ1v) is 10.0. The Labute approximate surface area is 181 Å². The van der Waals surface area contributed by atoms with E-state index in [2.05, 4.69) is 15.3 Å². The first kappa shape index (κ1) is 20.7. The molecule has 1 unspecified atom stereocenters. The molecule has 1 heterocycles. The van der Waals surface area contributed by atoms with E-state index < -0.39 is 0 Å². The molecule has 0 spiro atoms. The van der Waals surface area contributed by atoms with Crippen molar-refractivity contribution in [2.45, 2.75) is 25.7 Å². The molecule has 7 heteroatoms. The fourth-order valence-electron chi connectivity index (χ4n) is 3.93. The molecule has 1 N–H and O–H groups in total. The summed E-state index contributed by atoms with van der Waals surface area (Å²) in [5, 5.41) is 3.23. The molecule has 1 aliphatic rings. The first-order valence-electron chi connectivity index (χ1n) is 10.0. The maximum atomic E-state index is 12.8. The van der Waals surface area contributed by atoms with Gasteiger partial charge in [0.25, 0.3) is 0 Å². The maximum Gasteiger partial charge on any atom is 0.227 e. The molecule has 0 radical (unpaired) electrons. The number of benzene rings is 2. The van der Waals surface area contributed by atoms with E-state index in [0.717, 1.165) is 22.5 Å². The number of ether oxygens (including phenoxy) is 3. The number of carbonyl (C=O) groups is 1. The molecule has 0 saturated heterocycles. The third-order valence-electron chi connectivity index (χ3n) is 5.47. The molecule has 1 aromatic heterocycles. The number of hydrogen-bond donors (Lipinski definition) is 1. The Balaban J connectivity index is 1.65. The third-order valence-corrected chi connectivity index (χ3v) is 5.47. The normalized spacial score (nSPS) is 15.2. The lowest BCUT2D eigenvalue weighted by Gasteiger charge is -2.25. The number of anilines is 2. The molecule has 1 aliphatic carbocycles. The topological polar surface area (TPSA) is 82.6 Å². The van der Waals surface area contributed by atoms with Crippen molar-refractivity contribution in [3.05, 3.63) is 65.0 Å². The van der Waals surface area contributed by atoms with Gasteiger partial charge in [0, 0.05) is 18.3 Å². The van der Waals surface area contributed by atoms with Crippen LogP contribution >= 0.6 is 0 Å². The van der Waals surface area contributed by atoms with Crippen molar-refractivity contribution in [3.8, 4) is 17.2 Å². The number of carbonyl (C=O) groups excluding carboxylic acids is 1. The summed E-state index contributed by atoms with van der Waals surface area (Å²) >= 11 is 0. The van der Waals surface area contributed by atoms with Gasteiger partial charge in [0.15, 0.2) is 17.3 Å². The van der Waals surface area contributed by atoms with Crippen LogP contribution in [0.2, 0.25) is 0 Å². The second kappa shape index (κ2) is 8.63. The molecule has 3 aromatic rings. The van der Waals surface area contributed by atoms with E-state index in [1.807, 2.05) is 43.3 Å². The molecule has 4 rings (SSSR count). The SMILES string of the molecule is COc1cc(C2CC(=O)c3cnc(Nc4cccc(C)c4)nc3C2)cc(OC)c1OC. The first-order chi connectivity index (χ1) is 15.0. The molecule has 0 fully saturated rings. The second-order valence-corrected chi connectivity index (χ2v) is 7.54. The van der Waals surface area contributed by atoms with Gasteiger partial charge in [0.2, 0.25) is 11.7 Å². The molecule has 160 valence electrons. The summed E-state index contributed by atoms with van der Waals surface area (Å²) in [5.74, 6) is 2.13. The largest absolute Gasteiger partial charge is 0.493 e. The lowest BCUT2D eigenvalue weighted by atomic mass is 9.82. The molecule has 1 atom stereocenters. The zero-order valence-corrected chi connectivity index (χ0v) is 18.1. The third kappa shape index (κ3) is 4.17. The van der Waals surface area contributed by atoms with Crippen molar-refractivity contribution in [1.29, 1.82) is 0 Å². The molecular weight excluding hydrogens is 394 g/mol. The number of fused-ring (bicyclic) bond motifs is 1. The number of aromatic nitrogens is 2. The van der Waals surface area contributed by atoms with Gasteiger partial charge in [-0.3, -0.25) is 4.79 Å². The van der Waals surface area contributed by atoms with Crippen molar-refractivity contribution < 1.29 is 19.0 Å². The van der Waals surface area contributed by atoms with Gasteiger partial charge in [0.1, 0.15) is 0 Å². The maximum absolute atomic E-state index is 12.8. The van der Waals surface area contributed by atoms with Crippen LogP contribution in [0.25, 0.3) is 0 Å². The summed E-state index contributed by atoms with van der Waals surface area (Å²) < 4.78 is 16.4. The molecule has 0 amide bonds. The molecule has 0 aliphatic heterocycles. The molecule has 0 saturated carbocycles. The smallest absolute Gasteiger partial charge is 0.227 e. The minimum absolute atomic E-state index is 0.0297. The molecular formula is C24H25N3O4. The van der Waals surface area contributed by atoms with Crippen LogP contribution in [0.1, 0.15) is 39.5 Å². The van der Waals surface area contributed by atoms with Gasteiger partial charge >= 0.3 is 0 Å². The summed E-state index contributed by atoms with van der Waals surface area (Å²) in [6.45, 7) is 2.03. The van der Waals surface area contributed by atoms with Crippen molar-refractivity contribution in [3.63, 3.8) is 0 Å². The molecule has 2 aromatic carbocycles. The van der Waals surface area contributed by atoms with Crippen LogP contribution in [-0.2, 0) is 6.42 Å². The van der Waals surface area contributed by atoms with Crippen molar-refractivity contribution >= 4 is 17.4 Å². The summed E-state index contributed by atoms with van der Waals surface area (Å²) in [6, 6.07) is 11.8. The van der Waals surface area contributed by atoms with E-state index in [9.17, 15) is 4.79 Å². The average Bonchev–Trinajstić information content (AvgIpc) is 2.77. The summed E-state index contributed by atoms with van der Waals surface area (Å²) in [5.41, 5.74) is 4.31. The van der Waals surface area contributed by atoms with Gasteiger partial charge in [-0.1, -0.05) is 12.1 Å². The molecule has 31 heavy (non-hydrogen) atoms. The van der Waals surface area contributed by atoms with E-state index >= 15 is 0 Å². The van der Waals surface area contributed by atoms with Gasteiger partial charge < -0.3 is 19.5 Å². The van der Waals surface area contributed by atoms with Crippen LogP contribution in [0.5, 0.6) is 17.2 Å². The quantitative estimate of drug-likeness (QED) is 0.631. The number of rotatable bonds is 6. The summed E-state index contributed by atoms with van der Waals surface area (Å²) in [6.07, 6.45) is 2.61. The van der Waals surface area contributed by atoms with Crippen LogP contribution in [0.15, 0.2) is 42.6 Å². The second-order valence-electron chi connectivity index (χ2n) is 7.54. The number of nitrogens with zero attached hydrogens (tertiary/aromatic N) is 2. The molecule has 7 nitrogen and oxygen atoms in total. The van der Waals surface area contributed by atoms with Gasteiger partial charge in [-0.15, -0.1) is 0 Å². The van der Waals surface area contributed by atoms with E-state index in [-0.39, 0.29) is 11.7 Å². The van der Waals surface area contributed by atoms with E-state index in [1.165, 1.54) is 0 Å². The highest BCUT2D eigenvalue weighted by atomic mass is 16.5. The van der Waals surface area contributed by atoms with Crippen LogP contribution in [0, 0.1) is 6.92 Å². The van der Waals surface area contributed by atoms with Crippen molar-refractivity contribution in [1.82, 2.24) is 9.97 Å². The van der Waals surface area contributed by atoms with Crippen molar-refractivity contribution in [2.24, 2.45) is 0 Å². The number of nitrogens with one attached hydrogen (secondary N) is 1. The predicted molar refractivity (Wildman–Crippen MR) is 118 cm³/mol. The standard InChI is InChI=1S/C24H25N3O4/c1-14-6-5-7-17(8-14)26-24-25-13-18-19(27-24)9-15(10-20(18)28)16-11-21(29-2)23(31-4)22(12-16)30-3/h5-8,11-13,15H,9-10H2,1-4H3,(H,25,26,27). The number of hydrogen-bond acceptors (Lipinski definition) is 7. The number of Topliss-reactive ketones (excluding diaryl/α,β-unsaturated/α-hetero) is 1. The lowest BCUT2D eigenvalue weighted by Crippen LogP contribution is -2.21. The Morgan fingerprint density at radius 3 is 2.39 bits per heavy atom. The van der Waals surface area contributed by atoms with Crippen LogP contribution in [0.4, 0.5) is 11.6 Å². The fourth-order valence-corrected chi connectivity index (χ4v) is 3.93. The van der Waals surface area contributed by atoms with Crippen LogP contribution in [-0.4, -0.2) is 37.1 Å². The average molecular weight is 419 g/mol. The monoisotopic (exact) mass is 419 g/mol. The van der Waals surface area contributed by atoms with E-state index in [4.69, 9.17) is 14.2 Å². The minimum Gasteiger partial charge on any atom is -0.493 e. The van der Waals surface area contributed by atoms with E-state index in [1.54, 1.807) is 27.5 Å². The summed E-state index contributed by atoms with van der Waals surface area (Å²) in [4.78, 5) is 21.8. The Kier molecular flexibility index (Phi) is 5.75. The van der Waals surface area contributed by atoms with Gasteiger partial charge in [-0.25, -0.2) is 9.97 Å². The Morgan fingerprint density at radius 1 is 1.00 bits per heavy atom. The van der Waals surface area contributed by atoms with Crippen LogP contribution in [0.3, 0.4) is 0 Å². The highest BCUT2D eigenvalue weighted by molar-refractivity contribution is 5.98. The van der Waals surface area contributed by atoms with Crippen LogP contribution < -0.4 is 19.5 Å². The zero-order chi connectivity index (χ0) is 22.0. The number of aryl methyl sites for hydroxylation is 1. The Bertz CT molecular complexity index is 1100. The number of methoxy groups -OCH3 is 3.